The fourth-order valence-electron chi connectivity index (χ4n) is 2.37. The minimum atomic E-state index is -0.0383. The van der Waals surface area contributed by atoms with E-state index in [-0.39, 0.29) is 5.91 Å². The van der Waals surface area contributed by atoms with E-state index in [1.165, 1.54) is 16.3 Å². The summed E-state index contributed by atoms with van der Waals surface area (Å²) in [6.45, 7) is 2.72. The highest BCUT2D eigenvalue weighted by Crippen LogP contribution is 2.23. The summed E-state index contributed by atoms with van der Waals surface area (Å²) in [6.07, 6.45) is 2.99. The van der Waals surface area contributed by atoms with Crippen molar-refractivity contribution >= 4 is 22.8 Å². The van der Waals surface area contributed by atoms with E-state index in [9.17, 15) is 4.79 Å². The second-order valence-corrected chi connectivity index (χ2v) is 4.73. The first-order chi connectivity index (χ1) is 9.28. The summed E-state index contributed by atoms with van der Waals surface area (Å²) in [4.78, 5) is 11.6. The summed E-state index contributed by atoms with van der Waals surface area (Å²) < 4.78 is 0. The van der Waals surface area contributed by atoms with Crippen LogP contribution in [-0.4, -0.2) is 12.5 Å². The molecule has 3 heteroatoms. The van der Waals surface area contributed by atoms with Crippen LogP contribution in [0.15, 0.2) is 42.0 Å². The van der Waals surface area contributed by atoms with Gasteiger partial charge in [0.2, 0.25) is 0 Å². The Morgan fingerprint density at radius 1 is 1.26 bits per heavy atom. The number of fused-ring (bicyclic) bond motifs is 1. The third kappa shape index (κ3) is 2.25. The zero-order valence-electron chi connectivity index (χ0n) is 10.9. The second-order valence-electron chi connectivity index (χ2n) is 4.73. The standard InChI is InChI=1S/C16H16N2O/c1-2-11-6-7-12-4-3-5-13(15(12)8-11)9-14-10-17-18-16(14)19/h3-9,17H,2,10H2,1H3,(H,18,19)/b14-9+. The molecule has 0 aliphatic carbocycles. The normalized spacial score (nSPS) is 17.1. The van der Waals surface area contributed by atoms with Gasteiger partial charge in [-0.1, -0.05) is 43.3 Å². The lowest BCUT2D eigenvalue weighted by Gasteiger charge is -2.05. The lowest BCUT2D eigenvalue weighted by molar-refractivity contribution is -0.116. The number of amides is 1. The number of carbonyl (C=O) groups is 1. The van der Waals surface area contributed by atoms with Crippen LogP contribution in [0.5, 0.6) is 0 Å². The average Bonchev–Trinajstić information content (AvgIpc) is 2.84. The number of hydrazine groups is 1. The largest absolute Gasteiger partial charge is 0.287 e. The second kappa shape index (κ2) is 4.86. The fourth-order valence-corrected chi connectivity index (χ4v) is 2.37. The third-order valence-electron chi connectivity index (χ3n) is 3.49. The van der Waals surface area contributed by atoms with Crippen molar-refractivity contribution in [2.45, 2.75) is 13.3 Å². The van der Waals surface area contributed by atoms with Crippen LogP contribution < -0.4 is 10.9 Å². The molecule has 0 aromatic heterocycles. The van der Waals surface area contributed by atoms with Crippen LogP contribution in [0, 0.1) is 0 Å². The van der Waals surface area contributed by atoms with E-state index >= 15 is 0 Å². The molecule has 0 bridgehead atoms. The molecule has 0 unspecified atom stereocenters. The molecule has 19 heavy (non-hydrogen) atoms. The minimum absolute atomic E-state index is 0.0383. The quantitative estimate of drug-likeness (QED) is 0.806. The number of nitrogens with one attached hydrogen (secondary N) is 2. The first kappa shape index (κ1) is 11.9. The van der Waals surface area contributed by atoms with Gasteiger partial charge in [-0.05, 0) is 34.4 Å². The lowest BCUT2D eigenvalue weighted by atomic mass is 9.99. The molecule has 1 aliphatic rings. The van der Waals surface area contributed by atoms with Crippen molar-refractivity contribution in [2.24, 2.45) is 0 Å². The zero-order chi connectivity index (χ0) is 13.2. The van der Waals surface area contributed by atoms with Crippen molar-refractivity contribution < 1.29 is 4.79 Å². The van der Waals surface area contributed by atoms with E-state index in [0.717, 1.165) is 17.6 Å². The van der Waals surface area contributed by atoms with Gasteiger partial charge >= 0.3 is 0 Å². The topological polar surface area (TPSA) is 41.1 Å². The third-order valence-corrected chi connectivity index (χ3v) is 3.49. The molecular weight excluding hydrogens is 236 g/mol. The zero-order valence-corrected chi connectivity index (χ0v) is 10.9. The van der Waals surface area contributed by atoms with E-state index in [2.05, 4.69) is 48.1 Å². The molecule has 0 saturated carbocycles. The molecule has 2 N–H and O–H groups in total. The molecule has 1 fully saturated rings. The van der Waals surface area contributed by atoms with Crippen molar-refractivity contribution in [1.82, 2.24) is 10.9 Å². The van der Waals surface area contributed by atoms with Gasteiger partial charge in [0.25, 0.3) is 5.91 Å². The Hall–Kier alpha value is -2.13. The molecule has 0 atom stereocenters. The summed E-state index contributed by atoms with van der Waals surface area (Å²) in [5.74, 6) is -0.0383. The average molecular weight is 252 g/mol. The van der Waals surface area contributed by atoms with Crippen molar-refractivity contribution in [3.05, 3.63) is 53.1 Å². The Labute approximate surface area is 112 Å². The van der Waals surface area contributed by atoms with Gasteiger partial charge in [0.1, 0.15) is 0 Å². The van der Waals surface area contributed by atoms with Crippen LogP contribution in [0.25, 0.3) is 16.8 Å². The molecule has 96 valence electrons. The van der Waals surface area contributed by atoms with Crippen LogP contribution in [0.1, 0.15) is 18.1 Å². The van der Waals surface area contributed by atoms with Crippen LogP contribution in [0.2, 0.25) is 0 Å². The smallest absolute Gasteiger partial charge is 0.262 e. The predicted molar refractivity (Wildman–Crippen MR) is 77.4 cm³/mol. The monoisotopic (exact) mass is 252 g/mol. The summed E-state index contributed by atoms with van der Waals surface area (Å²) in [7, 11) is 0. The number of hydrogen-bond donors (Lipinski definition) is 2. The van der Waals surface area contributed by atoms with Gasteiger partial charge in [-0.25, -0.2) is 5.43 Å². The van der Waals surface area contributed by atoms with Crippen molar-refractivity contribution in [3.8, 4) is 0 Å². The molecular formula is C16H16N2O. The highest BCUT2D eigenvalue weighted by molar-refractivity contribution is 6.02. The molecule has 0 radical (unpaired) electrons. The van der Waals surface area contributed by atoms with E-state index < -0.39 is 0 Å². The Morgan fingerprint density at radius 3 is 2.89 bits per heavy atom. The summed E-state index contributed by atoms with van der Waals surface area (Å²) >= 11 is 0. The molecule has 1 heterocycles. The Morgan fingerprint density at radius 2 is 2.16 bits per heavy atom. The molecule has 0 spiro atoms. The van der Waals surface area contributed by atoms with Gasteiger partial charge < -0.3 is 0 Å². The molecule has 2 aromatic carbocycles. The highest BCUT2D eigenvalue weighted by atomic mass is 16.2. The highest BCUT2D eigenvalue weighted by Gasteiger charge is 2.15. The Balaban J connectivity index is 2.15. The number of hydrogen-bond acceptors (Lipinski definition) is 2. The number of carbonyl (C=O) groups excluding carboxylic acids is 1. The number of rotatable bonds is 2. The van der Waals surface area contributed by atoms with Gasteiger partial charge in [-0.3, -0.25) is 10.2 Å². The molecule has 1 amide bonds. The first-order valence-electron chi connectivity index (χ1n) is 6.53. The predicted octanol–water partition coefficient (Wildman–Crippen LogP) is 2.42. The SMILES string of the molecule is CCc1ccc2cccc(/C=C3\CNNC3=O)c2c1. The summed E-state index contributed by atoms with van der Waals surface area (Å²) in [5, 5.41) is 2.41. The van der Waals surface area contributed by atoms with Gasteiger partial charge in [0.15, 0.2) is 0 Å². The van der Waals surface area contributed by atoms with Crippen molar-refractivity contribution in [1.29, 1.82) is 0 Å². The van der Waals surface area contributed by atoms with Crippen LogP contribution in [0.3, 0.4) is 0 Å². The summed E-state index contributed by atoms with van der Waals surface area (Å²) in [6, 6.07) is 12.7. The number of aryl methyl sites for hydroxylation is 1. The maximum atomic E-state index is 11.6. The number of benzene rings is 2. The lowest BCUT2D eigenvalue weighted by Crippen LogP contribution is -2.25. The van der Waals surface area contributed by atoms with Crippen LogP contribution >= 0.6 is 0 Å². The molecule has 3 rings (SSSR count). The van der Waals surface area contributed by atoms with E-state index in [1.807, 2.05) is 12.1 Å². The Bertz CT molecular complexity index is 674. The van der Waals surface area contributed by atoms with Gasteiger partial charge in [0, 0.05) is 12.1 Å². The van der Waals surface area contributed by atoms with Gasteiger partial charge in [-0.2, -0.15) is 0 Å². The molecule has 1 saturated heterocycles. The molecule has 2 aromatic rings. The molecule has 3 nitrogen and oxygen atoms in total. The summed E-state index contributed by atoms with van der Waals surface area (Å²) in [5.41, 5.74) is 8.63. The molecule has 1 aliphatic heterocycles. The van der Waals surface area contributed by atoms with Crippen LogP contribution in [-0.2, 0) is 11.2 Å². The maximum Gasteiger partial charge on any atom is 0.262 e. The van der Waals surface area contributed by atoms with Crippen molar-refractivity contribution in [3.63, 3.8) is 0 Å². The van der Waals surface area contributed by atoms with Crippen LogP contribution in [0.4, 0.5) is 0 Å². The van der Waals surface area contributed by atoms with E-state index in [0.29, 0.717) is 6.54 Å². The Kier molecular flexibility index (Phi) is 3.05. The maximum absolute atomic E-state index is 11.6. The van der Waals surface area contributed by atoms with Gasteiger partial charge in [-0.15, -0.1) is 0 Å². The van der Waals surface area contributed by atoms with Crippen molar-refractivity contribution in [2.75, 3.05) is 6.54 Å². The van der Waals surface area contributed by atoms with E-state index in [4.69, 9.17) is 0 Å². The minimum Gasteiger partial charge on any atom is -0.287 e. The first-order valence-corrected chi connectivity index (χ1v) is 6.53. The van der Waals surface area contributed by atoms with E-state index in [1.54, 1.807) is 0 Å². The van der Waals surface area contributed by atoms with Gasteiger partial charge in [0.05, 0.1) is 0 Å². The fraction of sp³-hybridized carbons (Fsp3) is 0.188.